The molecule has 0 radical (unpaired) electrons. The number of nitrogens with one attached hydrogen (secondary N) is 1. The lowest BCUT2D eigenvalue weighted by Gasteiger charge is -2.03. The second-order valence-electron chi connectivity index (χ2n) is 5.06. The fourth-order valence-corrected chi connectivity index (χ4v) is 2.88. The Bertz CT molecular complexity index is 925. The molecule has 0 aliphatic carbocycles. The maximum absolute atomic E-state index is 12.2. The van der Waals surface area contributed by atoms with Gasteiger partial charge in [0.05, 0.1) is 0 Å². The van der Waals surface area contributed by atoms with E-state index in [1.165, 1.54) is 17.8 Å². The van der Waals surface area contributed by atoms with E-state index in [1.807, 2.05) is 60.7 Å². The number of nitriles is 1. The topological polar surface area (TPSA) is 66.0 Å². The van der Waals surface area contributed by atoms with Crippen molar-refractivity contribution in [3.63, 3.8) is 0 Å². The van der Waals surface area contributed by atoms with Crippen LogP contribution in [0.2, 0.25) is 0 Å². The molecule has 5 heteroatoms. The van der Waals surface area contributed by atoms with Gasteiger partial charge < -0.3 is 9.73 Å². The standard InChI is InChI=1S/C20H14N2O2S/c21-14-15(20(23)22-16-7-3-1-4-8-16)13-17-11-12-19(24-17)25-18-9-5-2-6-10-18/h1-13H,(H,22,23)/b15-13-. The van der Waals surface area contributed by atoms with E-state index in [-0.39, 0.29) is 5.57 Å². The second-order valence-corrected chi connectivity index (χ2v) is 6.14. The van der Waals surface area contributed by atoms with E-state index in [0.29, 0.717) is 16.5 Å². The van der Waals surface area contributed by atoms with Crippen molar-refractivity contribution in [3.05, 3.63) is 84.1 Å². The van der Waals surface area contributed by atoms with E-state index in [9.17, 15) is 10.1 Å². The lowest BCUT2D eigenvalue weighted by Crippen LogP contribution is -2.13. The van der Waals surface area contributed by atoms with E-state index in [2.05, 4.69) is 5.32 Å². The Labute approximate surface area is 149 Å². The Morgan fingerprint density at radius 3 is 2.36 bits per heavy atom. The Morgan fingerprint density at radius 2 is 1.68 bits per heavy atom. The van der Waals surface area contributed by atoms with Crippen LogP contribution in [0.5, 0.6) is 0 Å². The molecule has 3 aromatic rings. The number of rotatable bonds is 5. The highest BCUT2D eigenvalue weighted by atomic mass is 32.2. The van der Waals surface area contributed by atoms with Gasteiger partial charge in [-0.15, -0.1) is 0 Å². The van der Waals surface area contributed by atoms with Gasteiger partial charge in [0.1, 0.15) is 17.4 Å². The zero-order valence-electron chi connectivity index (χ0n) is 13.2. The number of carbonyl (C=O) groups excluding carboxylic acids is 1. The van der Waals surface area contributed by atoms with Crippen LogP contribution in [0.1, 0.15) is 5.76 Å². The zero-order valence-corrected chi connectivity index (χ0v) is 14.0. The van der Waals surface area contributed by atoms with Crippen molar-refractivity contribution < 1.29 is 9.21 Å². The number of amides is 1. The van der Waals surface area contributed by atoms with Gasteiger partial charge >= 0.3 is 0 Å². The summed E-state index contributed by atoms with van der Waals surface area (Å²) in [6, 6.07) is 24.3. The van der Waals surface area contributed by atoms with Crippen LogP contribution in [-0.4, -0.2) is 5.91 Å². The van der Waals surface area contributed by atoms with Crippen molar-refractivity contribution in [1.29, 1.82) is 5.26 Å². The van der Waals surface area contributed by atoms with Crippen molar-refractivity contribution in [3.8, 4) is 6.07 Å². The van der Waals surface area contributed by atoms with Crippen molar-refractivity contribution in [2.24, 2.45) is 0 Å². The maximum Gasteiger partial charge on any atom is 0.266 e. The van der Waals surface area contributed by atoms with Crippen LogP contribution in [0.3, 0.4) is 0 Å². The molecule has 0 aliphatic heterocycles. The predicted octanol–water partition coefficient (Wildman–Crippen LogP) is 4.98. The van der Waals surface area contributed by atoms with Gasteiger partial charge in [-0.05, 0) is 36.4 Å². The molecule has 0 saturated carbocycles. The number of anilines is 1. The zero-order chi connectivity index (χ0) is 17.5. The van der Waals surface area contributed by atoms with Crippen molar-refractivity contribution >= 4 is 29.4 Å². The van der Waals surface area contributed by atoms with Gasteiger partial charge in [0.15, 0.2) is 5.09 Å². The number of hydrogen-bond donors (Lipinski definition) is 1. The lowest BCUT2D eigenvalue weighted by molar-refractivity contribution is -0.112. The molecule has 0 atom stereocenters. The van der Waals surface area contributed by atoms with Gasteiger partial charge in [0.25, 0.3) is 5.91 Å². The Balaban J connectivity index is 1.72. The molecule has 1 N–H and O–H groups in total. The molecular weight excluding hydrogens is 332 g/mol. The maximum atomic E-state index is 12.2. The molecule has 2 aromatic carbocycles. The van der Waals surface area contributed by atoms with Crippen LogP contribution in [0.25, 0.3) is 6.08 Å². The number of benzene rings is 2. The summed E-state index contributed by atoms with van der Waals surface area (Å²) >= 11 is 1.47. The summed E-state index contributed by atoms with van der Waals surface area (Å²) < 4.78 is 5.68. The van der Waals surface area contributed by atoms with Crippen LogP contribution in [0, 0.1) is 11.3 Å². The van der Waals surface area contributed by atoms with Gasteiger partial charge in [-0.3, -0.25) is 4.79 Å². The molecular formula is C20H14N2O2S. The fourth-order valence-electron chi connectivity index (χ4n) is 2.08. The van der Waals surface area contributed by atoms with E-state index >= 15 is 0 Å². The molecule has 1 aromatic heterocycles. The molecule has 0 saturated heterocycles. The van der Waals surface area contributed by atoms with Gasteiger partial charge in [0, 0.05) is 16.7 Å². The summed E-state index contributed by atoms with van der Waals surface area (Å²) in [5.41, 5.74) is 0.614. The summed E-state index contributed by atoms with van der Waals surface area (Å²) in [4.78, 5) is 13.2. The predicted molar refractivity (Wildman–Crippen MR) is 97.9 cm³/mol. The molecule has 122 valence electrons. The summed E-state index contributed by atoms with van der Waals surface area (Å²) in [7, 11) is 0. The molecule has 25 heavy (non-hydrogen) atoms. The highest BCUT2D eigenvalue weighted by Crippen LogP contribution is 2.29. The third-order valence-corrected chi connectivity index (χ3v) is 4.18. The number of carbonyl (C=O) groups is 1. The minimum atomic E-state index is -0.470. The second kappa shape index (κ2) is 8.04. The minimum absolute atomic E-state index is 0.0190. The highest BCUT2D eigenvalue weighted by molar-refractivity contribution is 7.99. The van der Waals surface area contributed by atoms with E-state index in [4.69, 9.17) is 4.42 Å². The summed E-state index contributed by atoms with van der Waals surface area (Å²) in [5.74, 6) is -0.0134. The molecule has 0 bridgehead atoms. The van der Waals surface area contributed by atoms with E-state index in [1.54, 1.807) is 18.2 Å². The SMILES string of the molecule is N#C/C(=C/c1ccc(Sc2ccccc2)o1)C(=O)Nc1ccccc1. The monoisotopic (exact) mass is 346 g/mol. The molecule has 1 amide bonds. The molecule has 0 spiro atoms. The van der Waals surface area contributed by atoms with Gasteiger partial charge in [0.2, 0.25) is 0 Å². The molecule has 1 heterocycles. The van der Waals surface area contributed by atoms with E-state index < -0.39 is 5.91 Å². The third-order valence-electron chi connectivity index (χ3n) is 3.25. The fraction of sp³-hybridized carbons (Fsp3) is 0. The molecule has 4 nitrogen and oxygen atoms in total. The summed E-state index contributed by atoms with van der Waals surface area (Å²) in [6.45, 7) is 0. The van der Waals surface area contributed by atoms with Gasteiger partial charge in [-0.1, -0.05) is 48.2 Å². The van der Waals surface area contributed by atoms with Crippen molar-refractivity contribution in [2.75, 3.05) is 5.32 Å². The van der Waals surface area contributed by atoms with Crippen LogP contribution >= 0.6 is 11.8 Å². The minimum Gasteiger partial charge on any atom is -0.450 e. The number of para-hydroxylation sites is 1. The van der Waals surface area contributed by atoms with Crippen molar-refractivity contribution in [2.45, 2.75) is 9.99 Å². The first kappa shape index (κ1) is 16.6. The molecule has 3 rings (SSSR count). The normalized spacial score (nSPS) is 10.9. The molecule has 0 unspecified atom stereocenters. The largest absolute Gasteiger partial charge is 0.450 e. The Kier molecular flexibility index (Phi) is 5.35. The average Bonchev–Trinajstić information content (AvgIpc) is 3.08. The quantitative estimate of drug-likeness (QED) is 0.523. The first-order valence-corrected chi connectivity index (χ1v) is 8.37. The average molecular weight is 346 g/mol. The van der Waals surface area contributed by atoms with Gasteiger partial charge in [-0.2, -0.15) is 5.26 Å². The number of hydrogen-bond acceptors (Lipinski definition) is 4. The van der Waals surface area contributed by atoms with Gasteiger partial charge in [-0.25, -0.2) is 0 Å². The number of nitrogens with zero attached hydrogens (tertiary/aromatic N) is 1. The van der Waals surface area contributed by atoms with Crippen LogP contribution in [0.15, 0.2) is 92.8 Å². The molecule has 0 aliphatic rings. The summed E-state index contributed by atoms with van der Waals surface area (Å²) in [6.07, 6.45) is 1.44. The smallest absolute Gasteiger partial charge is 0.266 e. The highest BCUT2D eigenvalue weighted by Gasteiger charge is 2.11. The number of furan rings is 1. The Morgan fingerprint density at radius 1 is 1.00 bits per heavy atom. The first-order chi connectivity index (χ1) is 12.2. The first-order valence-electron chi connectivity index (χ1n) is 7.55. The van der Waals surface area contributed by atoms with Crippen molar-refractivity contribution in [1.82, 2.24) is 0 Å². The van der Waals surface area contributed by atoms with Crippen LogP contribution in [0.4, 0.5) is 5.69 Å². The van der Waals surface area contributed by atoms with Crippen LogP contribution in [-0.2, 0) is 4.79 Å². The third kappa shape index (κ3) is 4.63. The summed E-state index contributed by atoms with van der Waals surface area (Å²) in [5, 5.41) is 12.6. The lowest BCUT2D eigenvalue weighted by atomic mass is 10.2. The molecule has 0 fully saturated rings. The van der Waals surface area contributed by atoms with E-state index in [0.717, 1.165) is 4.90 Å². The Hall–Kier alpha value is -3.23. The van der Waals surface area contributed by atoms with Crippen LogP contribution < -0.4 is 5.32 Å².